The van der Waals surface area contributed by atoms with Crippen LogP contribution in [0.15, 0.2) is 18.2 Å². The zero-order valence-corrected chi connectivity index (χ0v) is 9.12. The molecule has 1 aromatic rings. The van der Waals surface area contributed by atoms with E-state index in [0.29, 0.717) is 0 Å². The third-order valence-corrected chi connectivity index (χ3v) is 2.05. The fourth-order valence-corrected chi connectivity index (χ4v) is 1.31. The van der Waals surface area contributed by atoms with Crippen LogP contribution in [0.25, 0.3) is 0 Å². The monoisotopic (exact) mass is 251 g/mol. The fraction of sp³-hybridized carbons (Fsp3) is 0.300. The van der Waals surface area contributed by atoms with E-state index >= 15 is 0 Å². The van der Waals surface area contributed by atoms with E-state index in [1.165, 1.54) is 6.07 Å². The molecule has 0 saturated heterocycles. The Kier molecular flexibility index (Phi) is 3.80. The summed E-state index contributed by atoms with van der Waals surface area (Å²) in [4.78, 5) is 11.0. The Morgan fingerprint density at radius 1 is 1.38 bits per heavy atom. The number of anilines is 1. The Morgan fingerprint density at radius 2 is 2.00 bits per heavy atom. The first-order valence-corrected chi connectivity index (χ1v) is 4.88. The third kappa shape index (κ3) is 3.41. The van der Waals surface area contributed by atoms with E-state index < -0.39 is 11.7 Å². The summed E-state index contributed by atoms with van der Waals surface area (Å²) in [5, 5.41) is 2.25. The van der Waals surface area contributed by atoms with Crippen molar-refractivity contribution in [3.05, 3.63) is 28.8 Å². The van der Waals surface area contributed by atoms with Crippen LogP contribution >= 0.6 is 11.6 Å². The number of nitrogens with one attached hydrogen (secondary N) is 1. The lowest BCUT2D eigenvalue weighted by Gasteiger charge is -2.10. The van der Waals surface area contributed by atoms with E-state index in [0.717, 1.165) is 12.1 Å². The van der Waals surface area contributed by atoms with Gasteiger partial charge in [-0.3, -0.25) is 4.79 Å². The van der Waals surface area contributed by atoms with Gasteiger partial charge in [-0.15, -0.1) is 0 Å². The molecule has 0 aromatic heterocycles. The molecule has 1 amide bonds. The molecule has 88 valence electrons. The third-order valence-electron chi connectivity index (χ3n) is 1.83. The largest absolute Gasteiger partial charge is 0.416 e. The zero-order valence-electron chi connectivity index (χ0n) is 8.36. The predicted molar refractivity (Wildman–Crippen MR) is 55.4 cm³/mol. The average molecular weight is 252 g/mol. The number of carbonyl (C=O) groups excluding carboxylic acids is 1. The highest BCUT2D eigenvalue weighted by Crippen LogP contribution is 2.33. The number of carbonyl (C=O) groups is 1. The first-order valence-electron chi connectivity index (χ1n) is 4.50. The van der Waals surface area contributed by atoms with Crippen LogP contribution in [0.1, 0.15) is 18.9 Å². The molecule has 0 saturated carbocycles. The average Bonchev–Trinajstić information content (AvgIpc) is 2.15. The standard InChI is InChI=1S/C10H9ClF3NO/c1-2-9(16)15-8-4-6(10(12,13)14)3-7(11)5-8/h3-5H,2H2,1H3,(H,15,16). The van der Waals surface area contributed by atoms with E-state index in [-0.39, 0.29) is 23.0 Å². The van der Waals surface area contributed by atoms with Gasteiger partial charge in [0.15, 0.2) is 0 Å². The Labute approximate surface area is 95.4 Å². The zero-order chi connectivity index (χ0) is 12.3. The van der Waals surface area contributed by atoms with Gasteiger partial charge in [0.25, 0.3) is 0 Å². The Morgan fingerprint density at radius 3 is 2.50 bits per heavy atom. The molecule has 0 bridgehead atoms. The van der Waals surface area contributed by atoms with Gasteiger partial charge < -0.3 is 5.32 Å². The maximum Gasteiger partial charge on any atom is 0.416 e. The molecule has 0 unspecified atom stereocenters. The van der Waals surface area contributed by atoms with Gasteiger partial charge >= 0.3 is 6.18 Å². The number of amides is 1. The SMILES string of the molecule is CCC(=O)Nc1cc(Cl)cc(C(F)(F)F)c1. The van der Waals surface area contributed by atoms with Crippen molar-refractivity contribution in [2.75, 3.05) is 5.32 Å². The second-order valence-corrected chi connectivity index (χ2v) is 3.56. The molecule has 0 heterocycles. The van der Waals surface area contributed by atoms with Crippen molar-refractivity contribution >= 4 is 23.2 Å². The summed E-state index contributed by atoms with van der Waals surface area (Å²) < 4.78 is 37.2. The summed E-state index contributed by atoms with van der Waals surface area (Å²) in [7, 11) is 0. The number of alkyl halides is 3. The van der Waals surface area contributed by atoms with E-state index in [2.05, 4.69) is 5.32 Å². The summed E-state index contributed by atoms with van der Waals surface area (Å²) >= 11 is 5.53. The number of halogens is 4. The summed E-state index contributed by atoms with van der Waals surface area (Å²) in [5.41, 5.74) is -0.835. The van der Waals surface area contributed by atoms with Gasteiger partial charge in [0.1, 0.15) is 0 Å². The molecule has 0 aliphatic rings. The molecule has 0 aliphatic heterocycles. The molecule has 1 N–H and O–H groups in total. The maximum absolute atomic E-state index is 12.4. The first-order chi connectivity index (χ1) is 7.32. The lowest BCUT2D eigenvalue weighted by molar-refractivity contribution is -0.137. The number of rotatable bonds is 2. The van der Waals surface area contributed by atoms with E-state index in [9.17, 15) is 18.0 Å². The van der Waals surface area contributed by atoms with Gasteiger partial charge in [-0.1, -0.05) is 18.5 Å². The van der Waals surface area contributed by atoms with Crippen LogP contribution in [0, 0.1) is 0 Å². The molecule has 1 aromatic carbocycles. The van der Waals surface area contributed by atoms with Crippen molar-refractivity contribution < 1.29 is 18.0 Å². The van der Waals surface area contributed by atoms with Gasteiger partial charge in [0.2, 0.25) is 5.91 Å². The molecular formula is C10H9ClF3NO. The highest BCUT2D eigenvalue weighted by atomic mass is 35.5. The minimum atomic E-state index is -4.48. The lowest BCUT2D eigenvalue weighted by atomic mass is 10.2. The van der Waals surface area contributed by atoms with Gasteiger partial charge in [0.05, 0.1) is 5.56 Å². The van der Waals surface area contributed by atoms with E-state index in [1.54, 1.807) is 6.92 Å². The molecule has 0 fully saturated rings. The van der Waals surface area contributed by atoms with Crippen LogP contribution in [0.4, 0.5) is 18.9 Å². The molecule has 0 atom stereocenters. The highest BCUT2D eigenvalue weighted by Gasteiger charge is 2.31. The molecule has 0 radical (unpaired) electrons. The van der Waals surface area contributed by atoms with Gasteiger partial charge in [-0.25, -0.2) is 0 Å². The molecule has 1 rings (SSSR count). The second-order valence-electron chi connectivity index (χ2n) is 3.13. The number of hydrogen-bond donors (Lipinski definition) is 1. The van der Waals surface area contributed by atoms with Crippen LogP contribution in [0.2, 0.25) is 5.02 Å². The summed E-state index contributed by atoms with van der Waals surface area (Å²) in [5.74, 6) is -0.365. The fourth-order valence-electron chi connectivity index (χ4n) is 1.07. The Hall–Kier alpha value is -1.23. The van der Waals surface area contributed by atoms with Gasteiger partial charge in [0, 0.05) is 17.1 Å². The van der Waals surface area contributed by atoms with Crippen LogP contribution in [-0.2, 0) is 11.0 Å². The highest BCUT2D eigenvalue weighted by molar-refractivity contribution is 6.31. The second kappa shape index (κ2) is 4.74. The summed E-state index contributed by atoms with van der Waals surface area (Å²) in [6.07, 6.45) is -4.29. The lowest BCUT2D eigenvalue weighted by Crippen LogP contribution is -2.11. The van der Waals surface area contributed by atoms with Crippen LogP contribution in [0.5, 0.6) is 0 Å². The van der Waals surface area contributed by atoms with Crippen molar-refractivity contribution in [2.45, 2.75) is 19.5 Å². The van der Waals surface area contributed by atoms with Crippen LogP contribution in [-0.4, -0.2) is 5.91 Å². The Balaban J connectivity index is 3.04. The van der Waals surface area contributed by atoms with Crippen LogP contribution < -0.4 is 5.32 Å². The van der Waals surface area contributed by atoms with Crippen molar-refractivity contribution in [3.63, 3.8) is 0 Å². The molecule has 16 heavy (non-hydrogen) atoms. The molecule has 0 aliphatic carbocycles. The van der Waals surface area contributed by atoms with Crippen molar-refractivity contribution in [1.82, 2.24) is 0 Å². The van der Waals surface area contributed by atoms with E-state index in [1.807, 2.05) is 0 Å². The van der Waals surface area contributed by atoms with Crippen molar-refractivity contribution in [1.29, 1.82) is 0 Å². The smallest absolute Gasteiger partial charge is 0.326 e. The van der Waals surface area contributed by atoms with Crippen molar-refractivity contribution in [2.24, 2.45) is 0 Å². The topological polar surface area (TPSA) is 29.1 Å². The van der Waals surface area contributed by atoms with E-state index in [4.69, 9.17) is 11.6 Å². The first kappa shape index (κ1) is 12.8. The minimum Gasteiger partial charge on any atom is -0.326 e. The number of hydrogen-bond acceptors (Lipinski definition) is 1. The van der Waals surface area contributed by atoms with Crippen LogP contribution in [0.3, 0.4) is 0 Å². The van der Waals surface area contributed by atoms with Crippen molar-refractivity contribution in [3.8, 4) is 0 Å². The maximum atomic E-state index is 12.4. The Bertz CT molecular complexity index is 404. The molecule has 2 nitrogen and oxygen atoms in total. The van der Waals surface area contributed by atoms with Gasteiger partial charge in [-0.05, 0) is 18.2 Å². The molecule has 0 spiro atoms. The minimum absolute atomic E-state index is 0.0478. The normalized spacial score (nSPS) is 11.3. The number of benzene rings is 1. The molecule has 6 heteroatoms. The predicted octanol–water partition coefficient (Wildman–Crippen LogP) is 3.71. The summed E-state index contributed by atoms with van der Waals surface area (Å²) in [6.45, 7) is 1.60. The van der Waals surface area contributed by atoms with Gasteiger partial charge in [-0.2, -0.15) is 13.2 Å². The quantitative estimate of drug-likeness (QED) is 0.853. The summed E-state index contributed by atoms with van der Waals surface area (Å²) in [6, 6.07) is 2.92. The molecular weight excluding hydrogens is 243 g/mol.